The molecular weight excluding hydrogens is 492 g/mol. The molecule has 8 heteroatoms. The zero-order valence-electron chi connectivity index (χ0n) is 20.2. The van der Waals surface area contributed by atoms with Crippen molar-refractivity contribution in [3.63, 3.8) is 0 Å². The van der Waals surface area contributed by atoms with Crippen molar-refractivity contribution < 1.29 is 4.52 Å². The largest absolute Gasteiger partial charge is 0.338 e. The Kier molecular flexibility index (Phi) is 6.69. The molecule has 0 spiro atoms. The van der Waals surface area contributed by atoms with Crippen molar-refractivity contribution in [3.8, 4) is 11.4 Å². The molecule has 182 valence electrons. The lowest BCUT2D eigenvalue weighted by Crippen LogP contribution is -2.24. The summed E-state index contributed by atoms with van der Waals surface area (Å²) in [5.41, 5.74) is 3.68. The first kappa shape index (κ1) is 24.3. The average molecular weight is 517 g/mol. The fraction of sp³-hybridized carbons (Fsp3) is 0.214. The molecule has 0 amide bonds. The first-order valence-electron chi connectivity index (χ1n) is 11.6. The zero-order valence-corrected chi connectivity index (χ0v) is 21.8. The first-order valence-corrected chi connectivity index (χ1v) is 12.9. The Morgan fingerprint density at radius 2 is 1.75 bits per heavy atom. The fourth-order valence-corrected chi connectivity index (χ4v) is 4.94. The van der Waals surface area contributed by atoms with E-state index in [1.165, 1.54) is 17.3 Å². The molecule has 0 radical (unpaired) electrons. The third-order valence-corrected chi connectivity index (χ3v) is 7.05. The van der Waals surface area contributed by atoms with Crippen LogP contribution >= 0.6 is 23.4 Å². The van der Waals surface area contributed by atoms with Gasteiger partial charge in [-0.3, -0.25) is 9.36 Å². The number of hydrogen-bond acceptors (Lipinski definition) is 6. The SMILES string of the molecule is CC(C)(C)c1ccc(-c2noc(CSc3nc4ccccc4c(=O)n3Cc3cccc(Cl)c3)n2)cc1. The molecule has 0 saturated carbocycles. The second kappa shape index (κ2) is 9.91. The van der Waals surface area contributed by atoms with Gasteiger partial charge in [-0.1, -0.05) is 97.8 Å². The van der Waals surface area contributed by atoms with Gasteiger partial charge in [0.15, 0.2) is 5.16 Å². The van der Waals surface area contributed by atoms with Crippen LogP contribution in [0.3, 0.4) is 0 Å². The van der Waals surface area contributed by atoms with E-state index < -0.39 is 0 Å². The van der Waals surface area contributed by atoms with Crippen LogP contribution in [-0.4, -0.2) is 19.7 Å². The molecule has 36 heavy (non-hydrogen) atoms. The van der Waals surface area contributed by atoms with Crippen molar-refractivity contribution in [2.75, 3.05) is 0 Å². The van der Waals surface area contributed by atoms with Gasteiger partial charge in [-0.15, -0.1) is 0 Å². The standard InChI is InChI=1S/C28H25ClN4O2S/c1-28(2,3)20-13-11-19(12-14-20)25-31-24(35-32-25)17-36-27-30-23-10-5-4-9-22(23)26(34)33(27)16-18-7-6-8-21(29)15-18/h4-15H,16-17H2,1-3H3. The van der Waals surface area contributed by atoms with Gasteiger partial charge < -0.3 is 4.52 Å². The Bertz CT molecular complexity index is 1590. The minimum Gasteiger partial charge on any atom is -0.338 e. The van der Waals surface area contributed by atoms with Gasteiger partial charge >= 0.3 is 0 Å². The summed E-state index contributed by atoms with van der Waals surface area (Å²) in [5.74, 6) is 1.38. The highest BCUT2D eigenvalue weighted by atomic mass is 35.5. The number of aromatic nitrogens is 4. The molecule has 0 fully saturated rings. The van der Waals surface area contributed by atoms with E-state index in [1.54, 1.807) is 10.6 Å². The van der Waals surface area contributed by atoms with Gasteiger partial charge in [0.2, 0.25) is 11.7 Å². The molecule has 2 aromatic heterocycles. The maximum Gasteiger partial charge on any atom is 0.262 e. The maximum absolute atomic E-state index is 13.4. The summed E-state index contributed by atoms with van der Waals surface area (Å²) in [6.07, 6.45) is 0. The molecule has 0 N–H and O–H groups in total. The predicted molar refractivity (Wildman–Crippen MR) is 145 cm³/mol. The van der Waals surface area contributed by atoms with Gasteiger partial charge in [0.05, 0.1) is 23.2 Å². The van der Waals surface area contributed by atoms with Crippen LogP contribution in [0.1, 0.15) is 37.8 Å². The molecule has 5 rings (SSSR count). The molecule has 0 unspecified atom stereocenters. The van der Waals surface area contributed by atoms with Gasteiger partial charge in [-0.25, -0.2) is 4.98 Å². The number of nitrogens with zero attached hydrogens (tertiary/aromatic N) is 4. The highest BCUT2D eigenvalue weighted by molar-refractivity contribution is 7.98. The molecular formula is C28H25ClN4O2S. The van der Waals surface area contributed by atoms with E-state index in [4.69, 9.17) is 21.1 Å². The number of hydrogen-bond donors (Lipinski definition) is 0. The lowest BCUT2D eigenvalue weighted by atomic mass is 9.87. The van der Waals surface area contributed by atoms with Crippen LogP contribution in [0, 0.1) is 0 Å². The van der Waals surface area contributed by atoms with E-state index in [1.807, 2.05) is 54.6 Å². The van der Waals surface area contributed by atoms with Crippen molar-refractivity contribution in [1.82, 2.24) is 19.7 Å². The van der Waals surface area contributed by atoms with Crippen LogP contribution in [0.2, 0.25) is 5.02 Å². The molecule has 0 aliphatic carbocycles. The minimum atomic E-state index is -0.103. The summed E-state index contributed by atoms with van der Waals surface area (Å²) in [6.45, 7) is 6.89. The third kappa shape index (κ3) is 5.22. The first-order chi connectivity index (χ1) is 17.3. The Balaban J connectivity index is 1.41. The molecule has 6 nitrogen and oxygen atoms in total. The summed E-state index contributed by atoms with van der Waals surface area (Å²) in [7, 11) is 0. The minimum absolute atomic E-state index is 0.0747. The summed E-state index contributed by atoms with van der Waals surface area (Å²) in [4.78, 5) is 22.7. The highest BCUT2D eigenvalue weighted by Crippen LogP contribution is 2.27. The Morgan fingerprint density at radius 1 is 0.972 bits per heavy atom. The quantitative estimate of drug-likeness (QED) is 0.184. The van der Waals surface area contributed by atoms with E-state index in [-0.39, 0.29) is 11.0 Å². The molecule has 0 saturated heterocycles. The molecule has 5 aromatic rings. The van der Waals surface area contributed by atoms with E-state index in [9.17, 15) is 4.79 Å². The summed E-state index contributed by atoms with van der Waals surface area (Å²) in [6, 6.07) is 23.0. The van der Waals surface area contributed by atoms with Crippen molar-refractivity contribution in [1.29, 1.82) is 0 Å². The van der Waals surface area contributed by atoms with Gasteiger partial charge in [0.1, 0.15) is 0 Å². The van der Waals surface area contributed by atoms with Crippen molar-refractivity contribution in [2.45, 2.75) is 43.6 Å². The average Bonchev–Trinajstić information content (AvgIpc) is 3.33. The zero-order chi connectivity index (χ0) is 25.3. The van der Waals surface area contributed by atoms with Gasteiger partial charge in [-0.2, -0.15) is 4.98 Å². The monoisotopic (exact) mass is 516 g/mol. The third-order valence-electron chi connectivity index (χ3n) is 5.86. The normalized spacial score (nSPS) is 11.8. The molecule has 0 bridgehead atoms. The van der Waals surface area contributed by atoms with Gasteiger partial charge in [0.25, 0.3) is 5.56 Å². The lowest BCUT2D eigenvalue weighted by Gasteiger charge is -2.18. The molecule has 0 atom stereocenters. The lowest BCUT2D eigenvalue weighted by molar-refractivity contribution is 0.391. The van der Waals surface area contributed by atoms with Crippen LogP contribution in [0.25, 0.3) is 22.3 Å². The smallest absolute Gasteiger partial charge is 0.262 e. The van der Waals surface area contributed by atoms with E-state index in [0.29, 0.717) is 45.1 Å². The maximum atomic E-state index is 13.4. The van der Waals surface area contributed by atoms with E-state index in [2.05, 4.69) is 43.0 Å². The van der Waals surface area contributed by atoms with E-state index >= 15 is 0 Å². The number of fused-ring (bicyclic) bond motifs is 1. The van der Waals surface area contributed by atoms with Crippen LogP contribution in [0.4, 0.5) is 0 Å². The number of para-hydroxylation sites is 1. The number of rotatable bonds is 6. The van der Waals surface area contributed by atoms with Crippen LogP contribution in [0.5, 0.6) is 0 Å². The highest BCUT2D eigenvalue weighted by Gasteiger charge is 2.17. The fourth-order valence-electron chi connectivity index (χ4n) is 3.89. The van der Waals surface area contributed by atoms with Crippen LogP contribution in [-0.2, 0) is 17.7 Å². The summed E-state index contributed by atoms with van der Waals surface area (Å²) in [5, 5.41) is 5.93. The topological polar surface area (TPSA) is 73.8 Å². The van der Waals surface area contributed by atoms with Crippen molar-refractivity contribution in [2.24, 2.45) is 0 Å². The Morgan fingerprint density at radius 3 is 2.50 bits per heavy atom. The summed E-state index contributed by atoms with van der Waals surface area (Å²) >= 11 is 7.56. The predicted octanol–water partition coefficient (Wildman–Crippen LogP) is 6.74. The molecule has 0 aliphatic heterocycles. The van der Waals surface area contributed by atoms with Crippen molar-refractivity contribution >= 4 is 34.3 Å². The Hall–Kier alpha value is -3.42. The molecule has 2 heterocycles. The van der Waals surface area contributed by atoms with Crippen LogP contribution < -0.4 is 5.56 Å². The molecule has 0 aliphatic rings. The summed E-state index contributed by atoms with van der Waals surface area (Å²) < 4.78 is 7.18. The van der Waals surface area contributed by atoms with Gasteiger partial charge in [0, 0.05) is 10.6 Å². The Labute approximate surface area is 218 Å². The van der Waals surface area contributed by atoms with Crippen molar-refractivity contribution in [3.05, 3.63) is 105 Å². The number of halogens is 1. The second-order valence-electron chi connectivity index (χ2n) is 9.56. The number of benzene rings is 3. The number of thioether (sulfide) groups is 1. The van der Waals surface area contributed by atoms with Gasteiger partial charge in [-0.05, 0) is 40.8 Å². The second-order valence-corrected chi connectivity index (χ2v) is 10.9. The van der Waals surface area contributed by atoms with E-state index in [0.717, 1.165) is 11.1 Å². The van der Waals surface area contributed by atoms with Crippen LogP contribution in [0.15, 0.2) is 87.3 Å². The molecule has 3 aromatic carbocycles.